The van der Waals surface area contributed by atoms with Gasteiger partial charge in [0.15, 0.2) is 0 Å². The van der Waals surface area contributed by atoms with Crippen LogP contribution in [0.4, 0.5) is 0 Å². The minimum Gasteiger partial charge on any atom is -0.368 e. The van der Waals surface area contributed by atoms with Gasteiger partial charge in [-0.15, -0.1) is 11.8 Å². The minimum atomic E-state index is 0.175. The van der Waals surface area contributed by atoms with Crippen molar-refractivity contribution in [3.8, 4) is 0 Å². The molecule has 1 aliphatic rings. The Hall–Kier alpha value is -0.0900. The fourth-order valence-electron chi connectivity index (χ4n) is 2.00. The number of carbonyl (C=O) groups excluding carboxylic acids is 1. The molecule has 0 aliphatic heterocycles. The third kappa shape index (κ3) is 3.24. The smallest absolute Gasteiger partial charge is 0.134 e. The summed E-state index contributed by atoms with van der Waals surface area (Å²) >= 11 is 6.66. The molecule has 0 heterocycles. The first-order chi connectivity index (χ1) is 6.65. The topological polar surface area (TPSA) is 29.1 Å². The van der Waals surface area contributed by atoms with Crippen molar-refractivity contribution >= 4 is 34.1 Å². The van der Waals surface area contributed by atoms with Gasteiger partial charge in [-0.25, -0.2) is 0 Å². The first-order valence-electron chi connectivity index (χ1n) is 5.00. The van der Waals surface area contributed by atoms with Gasteiger partial charge in [0.2, 0.25) is 0 Å². The average Bonchev–Trinajstić information content (AvgIpc) is 2.18. The van der Waals surface area contributed by atoms with Crippen LogP contribution in [-0.4, -0.2) is 22.4 Å². The van der Waals surface area contributed by atoms with Crippen molar-refractivity contribution in [1.82, 2.24) is 5.32 Å². The van der Waals surface area contributed by atoms with Crippen LogP contribution < -0.4 is 5.32 Å². The normalized spacial score (nSPS) is 27.0. The van der Waals surface area contributed by atoms with Gasteiger partial charge in [0.05, 0.1) is 0 Å². The molecule has 2 nitrogen and oxygen atoms in total. The molecule has 1 rings (SSSR count). The molecule has 1 saturated carbocycles. The highest BCUT2D eigenvalue weighted by atomic mass is 32.2. The van der Waals surface area contributed by atoms with Crippen LogP contribution in [0.25, 0.3) is 0 Å². The molecule has 2 unspecified atom stereocenters. The molecule has 1 aliphatic carbocycles. The zero-order valence-corrected chi connectivity index (χ0v) is 10.3. The number of Topliss-reactive ketones (excluding diaryl/α,β-unsaturated/α-hetero) is 1. The Balaban J connectivity index is 2.54. The standard InChI is InChI=1S/C10H17NOS2/c1-7(12)8-5-3-4-6-9(8)11-10(13)14-2/h8-9H,3-6H2,1-2H3,(H,11,13). The molecule has 0 aromatic heterocycles. The SMILES string of the molecule is CSC(=S)NC1CCCCC1C(C)=O. The van der Waals surface area contributed by atoms with Gasteiger partial charge in [0.25, 0.3) is 0 Å². The van der Waals surface area contributed by atoms with Crippen molar-refractivity contribution in [2.24, 2.45) is 5.92 Å². The minimum absolute atomic E-state index is 0.175. The van der Waals surface area contributed by atoms with E-state index in [9.17, 15) is 4.79 Å². The van der Waals surface area contributed by atoms with Crippen LogP contribution in [0.2, 0.25) is 0 Å². The number of rotatable bonds is 2. The zero-order valence-electron chi connectivity index (χ0n) is 8.71. The predicted octanol–water partition coefficient (Wildman–Crippen LogP) is 2.37. The van der Waals surface area contributed by atoms with Crippen molar-refractivity contribution in [3.63, 3.8) is 0 Å². The second-order valence-electron chi connectivity index (χ2n) is 3.74. The Morgan fingerprint density at radius 1 is 1.43 bits per heavy atom. The second-order valence-corrected chi connectivity index (χ2v) is 5.23. The van der Waals surface area contributed by atoms with Crippen LogP contribution in [0.15, 0.2) is 0 Å². The molecule has 1 fully saturated rings. The third-order valence-electron chi connectivity index (χ3n) is 2.78. The van der Waals surface area contributed by atoms with E-state index >= 15 is 0 Å². The Labute approximate surface area is 95.2 Å². The van der Waals surface area contributed by atoms with E-state index in [-0.39, 0.29) is 12.0 Å². The number of carbonyl (C=O) groups is 1. The van der Waals surface area contributed by atoms with Gasteiger partial charge in [0.1, 0.15) is 10.1 Å². The monoisotopic (exact) mass is 231 g/mol. The molecular weight excluding hydrogens is 214 g/mol. The lowest BCUT2D eigenvalue weighted by molar-refractivity contribution is -0.122. The number of nitrogens with one attached hydrogen (secondary N) is 1. The molecule has 14 heavy (non-hydrogen) atoms. The van der Waals surface area contributed by atoms with Gasteiger partial charge < -0.3 is 5.32 Å². The molecule has 4 heteroatoms. The van der Waals surface area contributed by atoms with Gasteiger partial charge in [-0.2, -0.15) is 0 Å². The summed E-state index contributed by atoms with van der Waals surface area (Å²) < 4.78 is 0.808. The fraction of sp³-hybridized carbons (Fsp3) is 0.800. The van der Waals surface area contributed by atoms with Crippen LogP contribution in [0.1, 0.15) is 32.6 Å². The molecule has 0 amide bonds. The number of hydrogen-bond donors (Lipinski definition) is 1. The van der Waals surface area contributed by atoms with E-state index in [1.54, 1.807) is 18.7 Å². The van der Waals surface area contributed by atoms with Crippen LogP contribution in [-0.2, 0) is 4.79 Å². The second kappa shape index (κ2) is 5.71. The van der Waals surface area contributed by atoms with E-state index < -0.39 is 0 Å². The Morgan fingerprint density at radius 3 is 2.64 bits per heavy atom. The van der Waals surface area contributed by atoms with E-state index in [0.717, 1.165) is 17.2 Å². The number of thiocarbonyl (C=S) groups is 1. The summed E-state index contributed by atoms with van der Waals surface area (Å²) in [5.41, 5.74) is 0. The Bertz CT molecular complexity index is 230. The van der Waals surface area contributed by atoms with Gasteiger partial charge in [-0.1, -0.05) is 25.1 Å². The largest absolute Gasteiger partial charge is 0.368 e. The molecule has 80 valence electrons. The summed E-state index contributed by atoms with van der Waals surface area (Å²) in [5.74, 6) is 0.472. The lowest BCUT2D eigenvalue weighted by Gasteiger charge is -2.30. The summed E-state index contributed by atoms with van der Waals surface area (Å²) in [5, 5.41) is 3.27. The quantitative estimate of drug-likeness (QED) is 0.739. The number of ketones is 1. The van der Waals surface area contributed by atoms with Crippen molar-refractivity contribution in [2.75, 3.05) is 6.26 Å². The molecule has 0 radical (unpaired) electrons. The molecule has 0 spiro atoms. The molecule has 2 atom stereocenters. The zero-order chi connectivity index (χ0) is 10.6. The molecule has 0 saturated heterocycles. The summed E-state index contributed by atoms with van der Waals surface area (Å²) in [4.78, 5) is 11.4. The maximum atomic E-state index is 11.4. The summed E-state index contributed by atoms with van der Waals surface area (Å²) in [6.45, 7) is 1.69. The van der Waals surface area contributed by atoms with E-state index in [1.807, 2.05) is 6.26 Å². The van der Waals surface area contributed by atoms with Gasteiger partial charge in [-0.3, -0.25) is 4.79 Å². The highest BCUT2D eigenvalue weighted by Gasteiger charge is 2.28. The van der Waals surface area contributed by atoms with Gasteiger partial charge >= 0.3 is 0 Å². The van der Waals surface area contributed by atoms with Gasteiger partial charge in [-0.05, 0) is 26.0 Å². The highest BCUT2D eigenvalue weighted by molar-refractivity contribution is 8.22. The van der Waals surface area contributed by atoms with Crippen molar-refractivity contribution in [1.29, 1.82) is 0 Å². The van der Waals surface area contributed by atoms with Crippen LogP contribution >= 0.6 is 24.0 Å². The third-order valence-corrected chi connectivity index (χ3v) is 3.88. The molecular formula is C10H17NOS2. The number of hydrogen-bond acceptors (Lipinski definition) is 3. The summed E-state index contributed by atoms with van der Waals surface area (Å²) in [7, 11) is 0. The molecule has 0 aromatic rings. The maximum Gasteiger partial charge on any atom is 0.134 e. The van der Waals surface area contributed by atoms with E-state index in [0.29, 0.717) is 5.78 Å². The summed E-state index contributed by atoms with van der Waals surface area (Å²) in [6, 6.07) is 0.279. The Morgan fingerprint density at radius 2 is 2.07 bits per heavy atom. The first-order valence-corrected chi connectivity index (χ1v) is 6.63. The van der Waals surface area contributed by atoms with E-state index in [4.69, 9.17) is 12.2 Å². The van der Waals surface area contributed by atoms with Crippen LogP contribution in [0, 0.1) is 5.92 Å². The van der Waals surface area contributed by atoms with Crippen molar-refractivity contribution in [2.45, 2.75) is 38.6 Å². The van der Waals surface area contributed by atoms with Crippen molar-refractivity contribution in [3.05, 3.63) is 0 Å². The lowest BCUT2D eigenvalue weighted by Crippen LogP contribution is -2.43. The van der Waals surface area contributed by atoms with E-state index in [1.165, 1.54) is 12.8 Å². The predicted molar refractivity (Wildman–Crippen MR) is 65.7 cm³/mol. The number of thioether (sulfide) groups is 1. The van der Waals surface area contributed by atoms with E-state index in [2.05, 4.69) is 5.32 Å². The van der Waals surface area contributed by atoms with Crippen molar-refractivity contribution < 1.29 is 4.79 Å². The highest BCUT2D eigenvalue weighted by Crippen LogP contribution is 2.25. The average molecular weight is 231 g/mol. The Kier molecular flexibility index (Phi) is 4.89. The molecule has 0 aromatic carbocycles. The van der Waals surface area contributed by atoms with Gasteiger partial charge in [0, 0.05) is 12.0 Å². The maximum absolute atomic E-state index is 11.4. The van der Waals surface area contributed by atoms with Crippen LogP contribution in [0.5, 0.6) is 0 Å². The first kappa shape index (κ1) is 12.0. The lowest BCUT2D eigenvalue weighted by atomic mass is 9.82. The fourth-order valence-corrected chi connectivity index (χ4v) is 2.42. The molecule has 0 bridgehead atoms. The molecule has 1 N–H and O–H groups in total. The summed E-state index contributed by atoms with van der Waals surface area (Å²) in [6.07, 6.45) is 6.43. The van der Waals surface area contributed by atoms with Crippen LogP contribution in [0.3, 0.4) is 0 Å².